The number of rotatable bonds is 7. The first-order valence-electron chi connectivity index (χ1n) is 12.6. The molecule has 0 bridgehead atoms. The SMILES string of the molecule is CC1CC(c2ccccc2)(c2cc(OCc3ccc4cc(F)ccc4n3)ccc2-c2noc(CC#N)n2)C1. The van der Waals surface area contributed by atoms with Crippen LogP contribution in [-0.2, 0) is 18.4 Å². The third-order valence-electron chi connectivity index (χ3n) is 7.26. The lowest BCUT2D eigenvalue weighted by molar-refractivity contribution is 0.200. The quantitative estimate of drug-likeness (QED) is 0.243. The van der Waals surface area contributed by atoms with Gasteiger partial charge in [-0.05, 0) is 72.4 Å². The molecule has 1 fully saturated rings. The Balaban J connectivity index is 1.38. The number of hydrogen-bond acceptors (Lipinski definition) is 6. The third-order valence-corrected chi connectivity index (χ3v) is 7.26. The first-order chi connectivity index (χ1) is 18.5. The molecule has 6 rings (SSSR count). The van der Waals surface area contributed by atoms with E-state index >= 15 is 0 Å². The van der Waals surface area contributed by atoms with Gasteiger partial charge in [-0.25, -0.2) is 9.37 Å². The van der Waals surface area contributed by atoms with Gasteiger partial charge in [-0.3, -0.25) is 0 Å². The van der Waals surface area contributed by atoms with Gasteiger partial charge in [0, 0.05) is 16.4 Å². The highest BCUT2D eigenvalue weighted by atomic mass is 19.1. The number of halogens is 1. The summed E-state index contributed by atoms with van der Waals surface area (Å²) in [6, 6.07) is 26.8. The van der Waals surface area contributed by atoms with Gasteiger partial charge in [0.2, 0.25) is 11.7 Å². The zero-order valence-electron chi connectivity index (χ0n) is 20.9. The molecular weight excluding hydrogens is 479 g/mol. The van der Waals surface area contributed by atoms with Crippen molar-refractivity contribution in [3.63, 3.8) is 0 Å². The molecule has 1 saturated carbocycles. The number of benzene rings is 3. The smallest absolute Gasteiger partial charge is 0.241 e. The molecule has 0 N–H and O–H groups in total. The molecule has 0 spiro atoms. The van der Waals surface area contributed by atoms with Crippen molar-refractivity contribution >= 4 is 10.9 Å². The van der Waals surface area contributed by atoms with Crippen LogP contribution in [0.5, 0.6) is 5.75 Å². The van der Waals surface area contributed by atoms with Crippen molar-refractivity contribution in [2.75, 3.05) is 0 Å². The van der Waals surface area contributed by atoms with Gasteiger partial charge < -0.3 is 9.26 Å². The fraction of sp³-hybridized carbons (Fsp3) is 0.226. The van der Waals surface area contributed by atoms with Gasteiger partial charge in [0.25, 0.3) is 0 Å². The van der Waals surface area contributed by atoms with Crippen molar-refractivity contribution in [2.24, 2.45) is 5.92 Å². The molecule has 0 saturated heterocycles. The van der Waals surface area contributed by atoms with E-state index < -0.39 is 0 Å². The van der Waals surface area contributed by atoms with Crippen LogP contribution in [0, 0.1) is 23.1 Å². The normalized spacial score (nSPS) is 18.6. The van der Waals surface area contributed by atoms with E-state index in [0.717, 1.165) is 40.6 Å². The molecular formula is C31H25FN4O2. The first kappa shape index (κ1) is 23.8. The highest BCUT2D eigenvalue weighted by Crippen LogP contribution is 2.54. The van der Waals surface area contributed by atoms with Crippen molar-refractivity contribution in [1.29, 1.82) is 5.26 Å². The maximum atomic E-state index is 13.5. The summed E-state index contributed by atoms with van der Waals surface area (Å²) in [5.41, 5.74) is 4.44. The Hall–Kier alpha value is -4.57. The molecule has 188 valence electrons. The minimum Gasteiger partial charge on any atom is -0.487 e. The van der Waals surface area contributed by atoms with Crippen LogP contribution in [0.2, 0.25) is 0 Å². The second kappa shape index (κ2) is 9.71. The van der Waals surface area contributed by atoms with E-state index in [0.29, 0.717) is 23.4 Å². The number of aromatic nitrogens is 3. The standard InChI is InChI=1S/C31H25FN4O2/c1-20-17-31(18-20,22-5-3-2-4-6-22)27-16-25(10-11-26(27)30-35-29(13-14-33)38-36-30)37-19-24-9-7-21-15-23(32)8-12-28(21)34-24/h2-12,15-16,20H,13,17-19H2,1H3. The van der Waals surface area contributed by atoms with Gasteiger partial charge in [-0.2, -0.15) is 10.2 Å². The lowest BCUT2D eigenvalue weighted by Gasteiger charge is -2.48. The molecule has 7 heteroatoms. The maximum absolute atomic E-state index is 13.5. The second-order valence-corrected chi connectivity index (χ2v) is 9.94. The Bertz CT molecular complexity index is 1650. The summed E-state index contributed by atoms with van der Waals surface area (Å²) in [6.45, 7) is 2.53. The Morgan fingerprint density at radius 1 is 1.03 bits per heavy atom. The van der Waals surface area contributed by atoms with Gasteiger partial charge in [-0.15, -0.1) is 0 Å². The molecule has 0 aliphatic heterocycles. The average molecular weight is 505 g/mol. The van der Waals surface area contributed by atoms with E-state index in [4.69, 9.17) is 14.5 Å². The zero-order valence-corrected chi connectivity index (χ0v) is 20.9. The molecule has 2 heterocycles. The molecule has 5 aromatic rings. The van der Waals surface area contributed by atoms with Crippen LogP contribution in [0.15, 0.2) is 83.4 Å². The van der Waals surface area contributed by atoms with E-state index in [1.54, 1.807) is 6.07 Å². The third kappa shape index (κ3) is 4.39. The summed E-state index contributed by atoms with van der Waals surface area (Å²) in [5, 5.41) is 14.0. The molecule has 1 aliphatic rings. The molecule has 0 radical (unpaired) electrons. The first-order valence-corrected chi connectivity index (χ1v) is 12.6. The highest BCUT2D eigenvalue weighted by Gasteiger charge is 2.46. The molecule has 0 unspecified atom stereocenters. The zero-order chi connectivity index (χ0) is 26.1. The maximum Gasteiger partial charge on any atom is 0.241 e. The Morgan fingerprint density at radius 3 is 2.66 bits per heavy atom. The van der Waals surface area contributed by atoms with Gasteiger partial charge in [-0.1, -0.05) is 48.5 Å². The van der Waals surface area contributed by atoms with Crippen molar-refractivity contribution in [3.8, 4) is 23.2 Å². The van der Waals surface area contributed by atoms with Crippen LogP contribution in [-0.4, -0.2) is 15.1 Å². The van der Waals surface area contributed by atoms with E-state index in [1.807, 2.05) is 30.3 Å². The van der Waals surface area contributed by atoms with Crippen LogP contribution < -0.4 is 4.74 Å². The molecule has 38 heavy (non-hydrogen) atoms. The number of nitrogens with zero attached hydrogens (tertiary/aromatic N) is 4. The minimum atomic E-state index is -0.282. The monoisotopic (exact) mass is 504 g/mol. The predicted molar refractivity (Wildman–Crippen MR) is 141 cm³/mol. The summed E-state index contributed by atoms with van der Waals surface area (Å²) in [4.78, 5) is 9.12. The topological polar surface area (TPSA) is 84.8 Å². The van der Waals surface area contributed by atoms with E-state index in [-0.39, 0.29) is 24.3 Å². The average Bonchev–Trinajstić information content (AvgIpc) is 3.39. The summed E-state index contributed by atoms with van der Waals surface area (Å²) in [7, 11) is 0. The summed E-state index contributed by atoms with van der Waals surface area (Å²) in [6.07, 6.45) is 2.04. The van der Waals surface area contributed by atoms with Crippen molar-refractivity contribution in [3.05, 3.63) is 107 Å². The second-order valence-electron chi connectivity index (χ2n) is 9.94. The number of hydrogen-bond donors (Lipinski definition) is 0. The van der Waals surface area contributed by atoms with Gasteiger partial charge in [0.15, 0.2) is 0 Å². The van der Waals surface area contributed by atoms with E-state index in [1.165, 1.54) is 17.7 Å². The molecule has 0 atom stereocenters. The molecule has 6 nitrogen and oxygen atoms in total. The number of pyridine rings is 1. The van der Waals surface area contributed by atoms with Crippen LogP contribution in [0.4, 0.5) is 4.39 Å². The van der Waals surface area contributed by atoms with Crippen LogP contribution in [0.3, 0.4) is 0 Å². The lowest BCUT2D eigenvalue weighted by atomic mass is 9.55. The van der Waals surface area contributed by atoms with Gasteiger partial charge in [0.05, 0.1) is 17.3 Å². The van der Waals surface area contributed by atoms with E-state index in [2.05, 4.69) is 58.4 Å². The number of fused-ring (bicyclic) bond motifs is 1. The Morgan fingerprint density at radius 2 is 1.87 bits per heavy atom. The molecule has 2 aromatic heterocycles. The number of ether oxygens (including phenoxy) is 1. The summed E-state index contributed by atoms with van der Waals surface area (Å²) in [5.74, 6) is 1.76. The lowest BCUT2D eigenvalue weighted by Crippen LogP contribution is -2.41. The van der Waals surface area contributed by atoms with Gasteiger partial charge >= 0.3 is 0 Å². The Labute approximate surface area is 219 Å². The van der Waals surface area contributed by atoms with Crippen LogP contribution >= 0.6 is 0 Å². The largest absolute Gasteiger partial charge is 0.487 e. The fourth-order valence-electron chi connectivity index (χ4n) is 5.58. The summed E-state index contributed by atoms with van der Waals surface area (Å²) >= 11 is 0. The highest BCUT2D eigenvalue weighted by molar-refractivity contribution is 5.78. The minimum absolute atomic E-state index is 0.0653. The van der Waals surface area contributed by atoms with Crippen LogP contribution in [0.1, 0.15) is 42.5 Å². The van der Waals surface area contributed by atoms with Crippen molar-refractivity contribution < 1.29 is 13.7 Å². The van der Waals surface area contributed by atoms with Crippen LogP contribution in [0.25, 0.3) is 22.3 Å². The molecule has 3 aromatic carbocycles. The summed E-state index contributed by atoms with van der Waals surface area (Å²) < 4.78 is 25.1. The molecule has 0 amide bonds. The van der Waals surface area contributed by atoms with Crippen molar-refractivity contribution in [2.45, 2.75) is 38.2 Å². The fourth-order valence-corrected chi connectivity index (χ4v) is 5.58. The van der Waals surface area contributed by atoms with Gasteiger partial charge in [0.1, 0.15) is 24.6 Å². The Kier molecular flexibility index (Phi) is 6.09. The van der Waals surface area contributed by atoms with Crippen molar-refractivity contribution in [1.82, 2.24) is 15.1 Å². The van der Waals surface area contributed by atoms with E-state index in [9.17, 15) is 4.39 Å². The predicted octanol–water partition coefficient (Wildman–Crippen LogP) is 6.78. The number of nitriles is 1. The molecule has 1 aliphatic carbocycles.